The van der Waals surface area contributed by atoms with Gasteiger partial charge in [-0.3, -0.25) is 10.1 Å². The molecule has 8 heteroatoms. The molecule has 1 aromatic carbocycles. The topological polar surface area (TPSA) is 77.3 Å². The van der Waals surface area contributed by atoms with Crippen molar-refractivity contribution in [3.05, 3.63) is 56.9 Å². The van der Waals surface area contributed by atoms with Crippen molar-refractivity contribution in [1.82, 2.24) is 10.1 Å². The Bertz CT molecular complexity index is 900. The summed E-state index contributed by atoms with van der Waals surface area (Å²) in [6.45, 7) is 5.70. The van der Waals surface area contributed by atoms with Crippen molar-refractivity contribution in [1.29, 1.82) is 0 Å². The normalized spacial score (nSPS) is 10.7. The lowest BCUT2D eigenvalue weighted by atomic mass is 10.2. The van der Waals surface area contributed by atoms with Crippen LogP contribution < -0.4 is 10.1 Å². The molecule has 0 atom stereocenters. The minimum Gasteiger partial charge on any atom is -0.487 e. The second kappa shape index (κ2) is 7.25. The number of rotatable bonds is 5. The number of para-hydroxylation sites is 1. The number of aryl methyl sites for hydroxylation is 3. The average molecular weight is 378 g/mol. The van der Waals surface area contributed by atoms with Crippen LogP contribution in [-0.2, 0) is 6.61 Å². The van der Waals surface area contributed by atoms with E-state index in [0.29, 0.717) is 27.2 Å². The number of aromatic nitrogens is 2. The summed E-state index contributed by atoms with van der Waals surface area (Å²) in [5.41, 5.74) is 1.64. The number of nitrogens with one attached hydrogen (secondary N) is 1. The van der Waals surface area contributed by atoms with Gasteiger partial charge in [-0.1, -0.05) is 28.9 Å². The maximum Gasteiger partial charge on any atom is 0.280 e. The van der Waals surface area contributed by atoms with Gasteiger partial charge in [-0.05, 0) is 32.9 Å². The van der Waals surface area contributed by atoms with Crippen molar-refractivity contribution in [3.63, 3.8) is 0 Å². The largest absolute Gasteiger partial charge is 0.487 e. The Morgan fingerprint density at radius 3 is 2.76 bits per heavy atom. The van der Waals surface area contributed by atoms with E-state index in [0.717, 1.165) is 10.6 Å². The molecule has 1 amide bonds. The third-order valence-corrected chi connectivity index (χ3v) is 4.96. The second-order valence-electron chi connectivity index (χ2n) is 5.40. The molecule has 0 bridgehead atoms. The third kappa shape index (κ3) is 3.83. The molecule has 6 nitrogen and oxygen atoms in total. The van der Waals surface area contributed by atoms with Crippen molar-refractivity contribution in [2.24, 2.45) is 0 Å². The standard InChI is InChI=1S/C17H16ClN3O3S/c1-9-11(3)25-17(19-9)20-16(22)15-12(10(2)24-21-15)8-23-14-7-5-4-6-13(14)18/h4-7H,8H2,1-3H3,(H,19,20,22). The van der Waals surface area contributed by atoms with E-state index in [9.17, 15) is 4.79 Å². The number of benzene rings is 1. The maximum absolute atomic E-state index is 12.5. The van der Waals surface area contributed by atoms with E-state index in [1.807, 2.05) is 26.0 Å². The molecule has 3 aromatic rings. The Hall–Kier alpha value is -2.38. The van der Waals surface area contributed by atoms with Gasteiger partial charge < -0.3 is 9.26 Å². The predicted molar refractivity (Wildman–Crippen MR) is 96.6 cm³/mol. The average Bonchev–Trinajstić information content (AvgIpc) is 3.09. The van der Waals surface area contributed by atoms with Gasteiger partial charge in [-0.2, -0.15) is 0 Å². The number of ether oxygens (including phenoxy) is 1. The lowest BCUT2D eigenvalue weighted by Gasteiger charge is -2.08. The van der Waals surface area contributed by atoms with Crippen LogP contribution in [0.15, 0.2) is 28.8 Å². The summed E-state index contributed by atoms with van der Waals surface area (Å²) in [6.07, 6.45) is 0. The van der Waals surface area contributed by atoms with Crippen LogP contribution >= 0.6 is 22.9 Å². The first-order chi connectivity index (χ1) is 12.0. The molecule has 0 unspecified atom stereocenters. The van der Waals surface area contributed by atoms with Gasteiger partial charge in [-0.25, -0.2) is 4.98 Å². The fourth-order valence-corrected chi connectivity index (χ4v) is 3.13. The molecule has 3 rings (SSSR count). The van der Waals surface area contributed by atoms with E-state index in [4.69, 9.17) is 20.9 Å². The van der Waals surface area contributed by atoms with Crippen LogP contribution in [0.4, 0.5) is 5.13 Å². The van der Waals surface area contributed by atoms with Crippen LogP contribution in [-0.4, -0.2) is 16.0 Å². The molecule has 0 aliphatic carbocycles. The first-order valence-electron chi connectivity index (χ1n) is 7.53. The SMILES string of the molecule is Cc1nc(NC(=O)c2noc(C)c2COc2ccccc2Cl)sc1C. The van der Waals surface area contributed by atoms with E-state index in [2.05, 4.69) is 15.5 Å². The molecule has 0 fully saturated rings. The number of halogens is 1. The molecule has 0 aliphatic heterocycles. The summed E-state index contributed by atoms with van der Waals surface area (Å²) in [5, 5.41) is 7.62. The van der Waals surface area contributed by atoms with Crippen molar-refractivity contribution < 1.29 is 14.1 Å². The van der Waals surface area contributed by atoms with Crippen molar-refractivity contribution in [2.75, 3.05) is 5.32 Å². The Balaban J connectivity index is 1.76. The summed E-state index contributed by atoms with van der Waals surface area (Å²) >= 11 is 7.49. The highest BCUT2D eigenvalue weighted by molar-refractivity contribution is 7.15. The highest BCUT2D eigenvalue weighted by Gasteiger charge is 2.22. The molecular formula is C17H16ClN3O3S. The van der Waals surface area contributed by atoms with Gasteiger partial charge >= 0.3 is 0 Å². The predicted octanol–water partition coefficient (Wildman–Crippen LogP) is 4.54. The van der Waals surface area contributed by atoms with Gasteiger partial charge in [0.15, 0.2) is 10.8 Å². The highest BCUT2D eigenvalue weighted by atomic mass is 35.5. The number of hydrogen-bond acceptors (Lipinski definition) is 6. The number of anilines is 1. The number of thiazole rings is 1. The van der Waals surface area contributed by atoms with Crippen LogP contribution in [0.25, 0.3) is 0 Å². The number of amides is 1. The zero-order chi connectivity index (χ0) is 18.0. The lowest BCUT2D eigenvalue weighted by Crippen LogP contribution is -2.15. The molecule has 0 saturated carbocycles. The molecule has 0 radical (unpaired) electrons. The van der Waals surface area contributed by atoms with E-state index >= 15 is 0 Å². The van der Waals surface area contributed by atoms with Crippen LogP contribution in [0.5, 0.6) is 5.75 Å². The summed E-state index contributed by atoms with van der Waals surface area (Å²) in [7, 11) is 0. The Morgan fingerprint density at radius 1 is 1.32 bits per heavy atom. The van der Waals surface area contributed by atoms with Crippen LogP contribution in [0.2, 0.25) is 5.02 Å². The second-order valence-corrected chi connectivity index (χ2v) is 7.01. The van der Waals surface area contributed by atoms with E-state index in [-0.39, 0.29) is 18.2 Å². The first-order valence-corrected chi connectivity index (χ1v) is 8.73. The molecule has 0 spiro atoms. The Morgan fingerprint density at radius 2 is 2.08 bits per heavy atom. The third-order valence-electron chi connectivity index (χ3n) is 3.66. The molecule has 2 heterocycles. The molecular weight excluding hydrogens is 362 g/mol. The van der Waals surface area contributed by atoms with Gasteiger partial charge in [0.25, 0.3) is 5.91 Å². The monoisotopic (exact) mass is 377 g/mol. The highest BCUT2D eigenvalue weighted by Crippen LogP contribution is 2.26. The number of nitrogens with zero attached hydrogens (tertiary/aromatic N) is 2. The van der Waals surface area contributed by atoms with E-state index in [1.54, 1.807) is 19.1 Å². The van der Waals surface area contributed by atoms with Crippen LogP contribution in [0, 0.1) is 20.8 Å². The fraction of sp³-hybridized carbons (Fsp3) is 0.235. The lowest BCUT2D eigenvalue weighted by molar-refractivity contribution is 0.101. The smallest absolute Gasteiger partial charge is 0.280 e. The summed E-state index contributed by atoms with van der Waals surface area (Å²) in [5.74, 6) is 0.661. The number of hydrogen-bond donors (Lipinski definition) is 1. The summed E-state index contributed by atoms with van der Waals surface area (Å²) in [6, 6.07) is 7.13. The van der Waals surface area contributed by atoms with Gasteiger partial charge in [-0.15, -0.1) is 11.3 Å². The summed E-state index contributed by atoms with van der Waals surface area (Å²) in [4.78, 5) is 17.8. The van der Waals surface area contributed by atoms with Gasteiger partial charge in [0.05, 0.1) is 16.3 Å². The number of carbonyl (C=O) groups excluding carboxylic acids is 1. The maximum atomic E-state index is 12.5. The minimum atomic E-state index is -0.386. The molecule has 0 saturated heterocycles. The molecule has 0 aliphatic rings. The molecule has 1 N–H and O–H groups in total. The van der Waals surface area contributed by atoms with Crippen LogP contribution in [0.3, 0.4) is 0 Å². The molecule has 130 valence electrons. The van der Waals surface area contributed by atoms with E-state index < -0.39 is 0 Å². The zero-order valence-electron chi connectivity index (χ0n) is 13.9. The molecule has 25 heavy (non-hydrogen) atoms. The van der Waals surface area contributed by atoms with E-state index in [1.165, 1.54) is 11.3 Å². The van der Waals surface area contributed by atoms with Gasteiger partial charge in [0, 0.05) is 4.88 Å². The van der Waals surface area contributed by atoms with Gasteiger partial charge in [0.2, 0.25) is 0 Å². The molecule has 2 aromatic heterocycles. The fourth-order valence-electron chi connectivity index (χ4n) is 2.13. The quantitative estimate of drug-likeness (QED) is 0.706. The van der Waals surface area contributed by atoms with Crippen LogP contribution in [0.1, 0.15) is 32.4 Å². The number of carbonyl (C=O) groups is 1. The summed E-state index contributed by atoms with van der Waals surface area (Å²) < 4.78 is 10.9. The van der Waals surface area contributed by atoms with Gasteiger partial charge in [0.1, 0.15) is 18.1 Å². The zero-order valence-corrected chi connectivity index (χ0v) is 15.5. The van der Waals surface area contributed by atoms with Crippen molar-refractivity contribution >= 4 is 34.0 Å². The first kappa shape index (κ1) is 17.4. The Kier molecular flexibility index (Phi) is 5.06. The Labute approximate surface area is 153 Å². The minimum absolute atomic E-state index is 0.123. The van der Waals surface area contributed by atoms with Crippen molar-refractivity contribution in [3.8, 4) is 5.75 Å². The van der Waals surface area contributed by atoms with Crippen molar-refractivity contribution in [2.45, 2.75) is 27.4 Å².